The molecule has 0 aromatic heterocycles. The highest BCUT2D eigenvalue weighted by Crippen LogP contribution is 2.51. The second-order valence-electron chi connectivity index (χ2n) is 7.37. The smallest absolute Gasteiger partial charge is 0.115 e. The minimum Gasteiger partial charge on any atom is -0.508 e. The van der Waals surface area contributed by atoms with Gasteiger partial charge in [0.2, 0.25) is 0 Å². The zero-order valence-electron chi connectivity index (χ0n) is 14.4. The van der Waals surface area contributed by atoms with Gasteiger partial charge in [0.05, 0.1) is 6.61 Å². The summed E-state index contributed by atoms with van der Waals surface area (Å²) in [6.07, 6.45) is 6.42. The molecule has 1 saturated carbocycles. The number of phenols is 1. The number of benzene rings is 2. The maximum atomic E-state index is 9.64. The Kier molecular flexibility index (Phi) is 4.32. The molecule has 0 amide bonds. The summed E-state index contributed by atoms with van der Waals surface area (Å²) in [7, 11) is 1.78. The number of hydrogen-bond acceptors (Lipinski definition) is 2. The fourth-order valence-corrected chi connectivity index (χ4v) is 5.03. The lowest BCUT2D eigenvalue weighted by atomic mass is 9.61. The van der Waals surface area contributed by atoms with Crippen molar-refractivity contribution in [2.24, 2.45) is 5.92 Å². The lowest BCUT2D eigenvalue weighted by molar-refractivity contribution is 0.181. The quantitative estimate of drug-likeness (QED) is 0.846. The summed E-state index contributed by atoms with van der Waals surface area (Å²) in [4.78, 5) is 0. The number of ether oxygens (including phenoxy) is 1. The molecule has 2 aliphatic carbocycles. The Morgan fingerprint density at radius 2 is 1.79 bits per heavy atom. The van der Waals surface area contributed by atoms with Gasteiger partial charge in [-0.25, -0.2) is 0 Å². The van der Waals surface area contributed by atoms with Crippen LogP contribution in [-0.2, 0) is 17.8 Å². The predicted molar refractivity (Wildman–Crippen MR) is 96.4 cm³/mol. The third-order valence-corrected chi connectivity index (χ3v) is 6.09. The second-order valence-corrected chi connectivity index (χ2v) is 7.37. The number of rotatable bonds is 3. The molecule has 2 heteroatoms. The highest BCUT2D eigenvalue weighted by atomic mass is 16.5. The first-order valence-electron chi connectivity index (χ1n) is 9.16. The van der Waals surface area contributed by atoms with E-state index in [1.807, 2.05) is 12.1 Å². The maximum absolute atomic E-state index is 9.64. The van der Waals surface area contributed by atoms with Crippen molar-refractivity contribution in [3.05, 3.63) is 64.7 Å². The minimum atomic E-state index is 0.357. The van der Waals surface area contributed by atoms with Crippen LogP contribution in [0.25, 0.3) is 0 Å². The Morgan fingerprint density at radius 3 is 2.58 bits per heavy atom. The molecule has 3 atom stereocenters. The lowest BCUT2D eigenvalue weighted by Crippen LogP contribution is -2.31. The molecule has 4 rings (SSSR count). The van der Waals surface area contributed by atoms with Crippen LogP contribution >= 0.6 is 0 Å². The van der Waals surface area contributed by atoms with Crippen molar-refractivity contribution in [2.45, 2.75) is 50.5 Å². The monoisotopic (exact) mass is 322 g/mol. The number of methoxy groups -OCH3 is 1. The first-order valence-corrected chi connectivity index (χ1v) is 9.16. The van der Waals surface area contributed by atoms with Gasteiger partial charge in [-0.15, -0.1) is 0 Å². The van der Waals surface area contributed by atoms with E-state index in [-0.39, 0.29) is 0 Å². The molecule has 0 saturated heterocycles. The van der Waals surface area contributed by atoms with E-state index in [0.29, 0.717) is 24.2 Å². The number of phenolic OH excluding ortho intramolecular Hbond substituents is 1. The number of hydrogen-bond donors (Lipinski definition) is 1. The summed E-state index contributed by atoms with van der Waals surface area (Å²) in [5.74, 6) is 2.32. The van der Waals surface area contributed by atoms with Crippen LogP contribution in [0, 0.1) is 5.92 Å². The standard InChI is InChI=1S/C22H26O2/c1-24-14-16-5-4-8-20-18-6-2-3-7-19(18)21(13-22(16)20)15-9-11-17(23)12-10-15/h4-5,8-12,18-19,21,23H,2-3,6-7,13-14H2,1H3. The van der Waals surface area contributed by atoms with E-state index < -0.39 is 0 Å². The lowest BCUT2D eigenvalue weighted by Gasteiger charge is -2.43. The molecule has 0 heterocycles. The first kappa shape index (κ1) is 15.7. The highest BCUT2D eigenvalue weighted by molar-refractivity contribution is 5.43. The topological polar surface area (TPSA) is 29.5 Å². The number of aromatic hydroxyl groups is 1. The maximum Gasteiger partial charge on any atom is 0.115 e. The zero-order chi connectivity index (χ0) is 16.5. The van der Waals surface area contributed by atoms with Crippen molar-refractivity contribution >= 4 is 0 Å². The molecule has 1 fully saturated rings. The van der Waals surface area contributed by atoms with E-state index in [1.165, 1.54) is 42.4 Å². The SMILES string of the molecule is COCc1cccc2c1CC(c1ccc(O)cc1)C1CCCCC21. The van der Waals surface area contributed by atoms with Crippen LogP contribution in [-0.4, -0.2) is 12.2 Å². The molecule has 2 aromatic carbocycles. The van der Waals surface area contributed by atoms with Gasteiger partial charge >= 0.3 is 0 Å². The Labute approximate surface area is 144 Å². The van der Waals surface area contributed by atoms with E-state index in [4.69, 9.17) is 4.74 Å². The summed E-state index contributed by atoms with van der Waals surface area (Å²) in [5, 5.41) is 9.64. The summed E-state index contributed by atoms with van der Waals surface area (Å²) in [6, 6.07) is 14.7. The molecule has 24 heavy (non-hydrogen) atoms. The van der Waals surface area contributed by atoms with Crippen molar-refractivity contribution < 1.29 is 9.84 Å². The summed E-state index contributed by atoms with van der Waals surface area (Å²) < 4.78 is 5.45. The first-order chi connectivity index (χ1) is 11.8. The van der Waals surface area contributed by atoms with E-state index in [1.54, 1.807) is 12.7 Å². The highest BCUT2D eigenvalue weighted by Gasteiger charge is 2.39. The summed E-state index contributed by atoms with van der Waals surface area (Å²) in [5.41, 5.74) is 5.82. The van der Waals surface area contributed by atoms with Gasteiger partial charge in [0.15, 0.2) is 0 Å². The predicted octanol–water partition coefficient (Wildman–Crippen LogP) is 5.15. The molecule has 2 aromatic rings. The Morgan fingerprint density at radius 1 is 1.00 bits per heavy atom. The van der Waals surface area contributed by atoms with Gasteiger partial charge in [0.25, 0.3) is 0 Å². The molecule has 2 nitrogen and oxygen atoms in total. The largest absolute Gasteiger partial charge is 0.508 e. The zero-order valence-corrected chi connectivity index (χ0v) is 14.4. The van der Waals surface area contributed by atoms with Gasteiger partial charge in [0, 0.05) is 7.11 Å². The van der Waals surface area contributed by atoms with Crippen molar-refractivity contribution in [1.82, 2.24) is 0 Å². The molecule has 1 N–H and O–H groups in total. The summed E-state index contributed by atoms with van der Waals surface area (Å²) in [6.45, 7) is 0.697. The average Bonchev–Trinajstić information content (AvgIpc) is 2.62. The molecule has 3 unspecified atom stereocenters. The van der Waals surface area contributed by atoms with Crippen molar-refractivity contribution in [2.75, 3.05) is 7.11 Å². The average molecular weight is 322 g/mol. The van der Waals surface area contributed by atoms with Crippen molar-refractivity contribution in [1.29, 1.82) is 0 Å². The third kappa shape index (κ3) is 2.73. The van der Waals surface area contributed by atoms with Crippen LogP contribution in [0.2, 0.25) is 0 Å². The van der Waals surface area contributed by atoms with Crippen LogP contribution < -0.4 is 0 Å². The third-order valence-electron chi connectivity index (χ3n) is 6.09. The molecular formula is C22H26O2. The van der Waals surface area contributed by atoms with Crippen molar-refractivity contribution in [3.8, 4) is 5.75 Å². The molecule has 126 valence electrons. The van der Waals surface area contributed by atoms with Crippen LogP contribution in [0.1, 0.15) is 59.8 Å². The van der Waals surface area contributed by atoms with Gasteiger partial charge < -0.3 is 9.84 Å². The van der Waals surface area contributed by atoms with E-state index in [0.717, 1.165) is 12.3 Å². The van der Waals surface area contributed by atoms with Gasteiger partial charge in [-0.3, -0.25) is 0 Å². The van der Waals surface area contributed by atoms with Crippen LogP contribution in [0.3, 0.4) is 0 Å². The molecular weight excluding hydrogens is 296 g/mol. The van der Waals surface area contributed by atoms with Crippen LogP contribution in [0.15, 0.2) is 42.5 Å². The molecule has 0 bridgehead atoms. The van der Waals surface area contributed by atoms with E-state index >= 15 is 0 Å². The Bertz CT molecular complexity index is 704. The molecule has 2 aliphatic rings. The summed E-state index contributed by atoms with van der Waals surface area (Å²) >= 11 is 0. The molecule has 0 aliphatic heterocycles. The minimum absolute atomic E-state index is 0.357. The second kappa shape index (κ2) is 6.60. The van der Waals surface area contributed by atoms with Gasteiger partial charge in [-0.1, -0.05) is 43.2 Å². The molecule has 0 radical (unpaired) electrons. The van der Waals surface area contributed by atoms with Crippen LogP contribution in [0.5, 0.6) is 5.75 Å². The normalized spacial score (nSPS) is 25.8. The van der Waals surface area contributed by atoms with Crippen molar-refractivity contribution in [3.63, 3.8) is 0 Å². The van der Waals surface area contributed by atoms with Gasteiger partial charge in [-0.2, -0.15) is 0 Å². The van der Waals surface area contributed by atoms with E-state index in [9.17, 15) is 5.11 Å². The fourth-order valence-electron chi connectivity index (χ4n) is 5.03. The Balaban J connectivity index is 1.78. The fraction of sp³-hybridized carbons (Fsp3) is 0.455. The molecule has 0 spiro atoms. The van der Waals surface area contributed by atoms with Crippen LogP contribution in [0.4, 0.5) is 0 Å². The number of fused-ring (bicyclic) bond motifs is 3. The van der Waals surface area contributed by atoms with E-state index in [2.05, 4.69) is 30.3 Å². The van der Waals surface area contributed by atoms with Gasteiger partial charge in [-0.05, 0) is 71.4 Å². The van der Waals surface area contributed by atoms with Gasteiger partial charge in [0.1, 0.15) is 5.75 Å². The Hall–Kier alpha value is -1.80.